The fourth-order valence-corrected chi connectivity index (χ4v) is 2.25. The first-order valence-corrected chi connectivity index (χ1v) is 6.75. The quantitative estimate of drug-likeness (QED) is 0.773. The van der Waals surface area contributed by atoms with E-state index in [1.165, 1.54) is 10.9 Å². The first-order valence-electron chi connectivity index (χ1n) is 6.75. The molecule has 0 aliphatic heterocycles. The van der Waals surface area contributed by atoms with Gasteiger partial charge in [0.15, 0.2) is 0 Å². The minimum Gasteiger partial charge on any atom is -0.459 e. The average molecular weight is 258 g/mol. The standard InChI is InChI=1S/C16H22N2O/c1-4-10-18(3)12-16-14(11-17-5-2)13-8-6-7-9-15(13)19-16/h4,6-9,17H,1,5,10-12H2,2-3H3. The Hall–Kier alpha value is -1.58. The summed E-state index contributed by atoms with van der Waals surface area (Å²) < 4.78 is 6.00. The van der Waals surface area contributed by atoms with E-state index < -0.39 is 0 Å². The maximum atomic E-state index is 6.00. The summed E-state index contributed by atoms with van der Waals surface area (Å²) >= 11 is 0. The Kier molecular flexibility index (Phi) is 4.77. The van der Waals surface area contributed by atoms with Gasteiger partial charge in [-0.2, -0.15) is 0 Å². The van der Waals surface area contributed by atoms with Crippen molar-refractivity contribution in [2.75, 3.05) is 20.1 Å². The SMILES string of the molecule is C=CCN(C)Cc1oc2ccccc2c1CNCC. The Morgan fingerprint density at radius 2 is 2.16 bits per heavy atom. The zero-order valence-corrected chi connectivity index (χ0v) is 11.8. The molecular formula is C16H22N2O. The molecule has 0 radical (unpaired) electrons. The molecular weight excluding hydrogens is 236 g/mol. The molecule has 0 amide bonds. The van der Waals surface area contributed by atoms with E-state index in [2.05, 4.69) is 42.9 Å². The van der Waals surface area contributed by atoms with Gasteiger partial charge in [-0.15, -0.1) is 6.58 Å². The van der Waals surface area contributed by atoms with Gasteiger partial charge in [0.2, 0.25) is 0 Å². The van der Waals surface area contributed by atoms with Gasteiger partial charge in [0.1, 0.15) is 11.3 Å². The molecule has 0 aliphatic rings. The van der Waals surface area contributed by atoms with Crippen LogP contribution in [0.4, 0.5) is 0 Å². The number of para-hydroxylation sites is 1. The number of hydrogen-bond acceptors (Lipinski definition) is 3. The zero-order valence-electron chi connectivity index (χ0n) is 11.8. The predicted octanol–water partition coefficient (Wildman–Crippen LogP) is 3.16. The van der Waals surface area contributed by atoms with Crippen molar-refractivity contribution < 1.29 is 4.42 Å². The third kappa shape index (κ3) is 3.25. The third-order valence-electron chi connectivity index (χ3n) is 3.19. The molecule has 0 atom stereocenters. The molecule has 102 valence electrons. The minimum absolute atomic E-state index is 0.807. The Bertz CT molecular complexity index is 545. The van der Waals surface area contributed by atoms with Crippen LogP contribution in [0.1, 0.15) is 18.2 Å². The molecule has 2 aromatic rings. The van der Waals surface area contributed by atoms with Gasteiger partial charge in [-0.25, -0.2) is 0 Å². The van der Waals surface area contributed by atoms with Crippen molar-refractivity contribution in [3.63, 3.8) is 0 Å². The number of likely N-dealkylation sites (N-methyl/N-ethyl adjacent to an activating group) is 1. The largest absolute Gasteiger partial charge is 0.459 e. The van der Waals surface area contributed by atoms with Gasteiger partial charge in [-0.05, 0) is 19.7 Å². The van der Waals surface area contributed by atoms with E-state index in [4.69, 9.17) is 4.42 Å². The summed E-state index contributed by atoms with van der Waals surface area (Å²) in [7, 11) is 2.08. The summed E-state index contributed by atoms with van der Waals surface area (Å²) in [5, 5.41) is 4.60. The van der Waals surface area contributed by atoms with Crippen molar-refractivity contribution in [1.29, 1.82) is 0 Å². The summed E-state index contributed by atoms with van der Waals surface area (Å²) in [6.07, 6.45) is 1.91. The highest BCUT2D eigenvalue weighted by molar-refractivity contribution is 5.82. The fourth-order valence-electron chi connectivity index (χ4n) is 2.25. The molecule has 0 spiro atoms. The molecule has 0 fully saturated rings. The molecule has 1 N–H and O–H groups in total. The number of benzene rings is 1. The highest BCUT2D eigenvalue weighted by Crippen LogP contribution is 2.26. The lowest BCUT2D eigenvalue weighted by Crippen LogP contribution is -2.19. The molecule has 0 saturated carbocycles. The van der Waals surface area contributed by atoms with Gasteiger partial charge in [-0.1, -0.05) is 31.2 Å². The van der Waals surface area contributed by atoms with Crippen LogP contribution >= 0.6 is 0 Å². The number of rotatable bonds is 7. The molecule has 0 aliphatic carbocycles. The molecule has 3 heteroatoms. The molecule has 0 unspecified atom stereocenters. The van der Waals surface area contributed by atoms with Gasteiger partial charge < -0.3 is 9.73 Å². The van der Waals surface area contributed by atoms with Crippen LogP contribution in [-0.4, -0.2) is 25.0 Å². The van der Waals surface area contributed by atoms with E-state index in [1.54, 1.807) is 0 Å². The van der Waals surface area contributed by atoms with Crippen LogP contribution in [0, 0.1) is 0 Å². The number of fused-ring (bicyclic) bond motifs is 1. The van der Waals surface area contributed by atoms with Crippen molar-refractivity contribution in [1.82, 2.24) is 10.2 Å². The number of hydrogen-bond donors (Lipinski definition) is 1. The predicted molar refractivity (Wildman–Crippen MR) is 80.1 cm³/mol. The maximum absolute atomic E-state index is 6.00. The summed E-state index contributed by atoms with van der Waals surface area (Å²) in [4.78, 5) is 2.19. The second-order valence-electron chi connectivity index (χ2n) is 4.77. The lowest BCUT2D eigenvalue weighted by atomic mass is 10.1. The molecule has 2 rings (SSSR count). The summed E-state index contributed by atoms with van der Waals surface area (Å²) in [6.45, 7) is 9.37. The first kappa shape index (κ1) is 13.8. The normalized spacial score (nSPS) is 11.3. The van der Waals surface area contributed by atoms with Gasteiger partial charge in [0.25, 0.3) is 0 Å². The Balaban J connectivity index is 2.32. The van der Waals surface area contributed by atoms with E-state index >= 15 is 0 Å². The molecule has 0 saturated heterocycles. The van der Waals surface area contributed by atoms with Crippen LogP contribution in [0.15, 0.2) is 41.3 Å². The second-order valence-corrected chi connectivity index (χ2v) is 4.77. The third-order valence-corrected chi connectivity index (χ3v) is 3.19. The highest BCUT2D eigenvalue weighted by atomic mass is 16.3. The van der Waals surface area contributed by atoms with Gasteiger partial charge in [-0.3, -0.25) is 4.90 Å². The summed E-state index contributed by atoms with van der Waals surface area (Å²) in [5.74, 6) is 1.05. The van der Waals surface area contributed by atoms with E-state index in [1.807, 2.05) is 18.2 Å². The molecule has 19 heavy (non-hydrogen) atoms. The van der Waals surface area contributed by atoms with Crippen LogP contribution in [0.2, 0.25) is 0 Å². The number of furan rings is 1. The van der Waals surface area contributed by atoms with E-state index in [0.29, 0.717) is 0 Å². The Morgan fingerprint density at radius 1 is 1.37 bits per heavy atom. The van der Waals surface area contributed by atoms with Crippen LogP contribution in [0.3, 0.4) is 0 Å². The van der Waals surface area contributed by atoms with Crippen molar-refractivity contribution in [2.45, 2.75) is 20.0 Å². The molecule has 3 nitrogen and oxygen atoms in total. The van der Waals surface area contributed by atoms with Crippen molar-refractivity contribution >= 4 is 11.0 Å². The lowest BCUT2D eigenvalue weighted by Gasteiger charge is -2.13. The Labute approximate surface area is 114 Å². The van der Waals surface area contributed by atoms with Crippen molar-refractivity contribution in [3.05, 3.63) is 48.2 Å². The first-order chi connectivity index (χ1) is 9.26. The summed E-state index contributed by atoms with van der Waals surface area (Å²) in [5.41, 5.74) is 2.24. The topological polar surface area (TPSA) is 28.4 Å². The molecule has 1 aromatic carbocycles. The smallest absolute Gasteiger partial charge is 0.134 e. The van der Waals surface area contributed by atoms with Crippen molar-refractivity contribution in [3.8, 4) is 0 Å². The highest BCUT2D eigenvalue weighted by Gasteiger charge is 2.14. The van der Waals surface area contributed by atoms with E-state index in [9.17, 15) is 0 Å². The molecule has 1 heterocycles. The van der Waals surface area contributed by atoms with E-state index in [-0.39, 0.29) is 0 Å². The monoisotopic (exact) mass is 258 g/mol. The summed E-state index contributed by atoms with van der Waals surface area (Å²) in [6, 6.07) is 8.23. The van der Waals surface area contributed by atoms with Gasteiger partial charge in [0, 0.05) is 24.0 Å². The van der Waals surface area contributed by atoms with Crippen LogP contribution in [0.5, 0.6) is 0 Å². The van der Waals surface area contributed by atoms with Crippen molar-refractivity contribution in [2.24, 2.45) is 0 Å². The van der Waals surface area contributed by atoms with Gasteiger partial charge in [0.05, 0.1) is 6.54 Å². The molecule has 0 bridgehead atoms. The Morgan fingerprint density at radius 3 is 2.89 bits per heavy atom. The number of nitrogens with zero attached hydrogens (tertiary/aromatic N) is 1. The maximum Gasteiger partial charge on any atom is 0.134 e. The fraction of sp³-hybridized carbons (Fsp3) is 0.375. The zero-order chi connectivity index (χ0) is 13.7. The van der Waals surface area contributed by atoms with Crippen LogP contribution < -0.4 is 5.32 Å². The minimum atomic E-state index is 0.807. The number of nitrogens with one attached hydrogen (secondary N) is 1. The van der Waals surface area contributed by atoms with Crippen LogP contribution in [-0.2, 0) is 13.1 Å². The lowest BCUT2D eigenvalue weighted by molar-refractivity contribution is 0.326. The van der Waals surface area contributed by atoms with Crippen LogP contribution in [0.25, 0.3) is 11.0 Å². The molecule has 1 aromatic heterocycles. The average Bonchev–Trinajstić information content (AvgIpc) is 2.74. The van der Waals surface area contributed by atoms with E-state index in [0.717, 1.165) is 37.5 Å². The second kappa shape index (κ2) is 6.55. The van der Waals surface area contributed by atoms with Gasteiger partial charge >= 0.3 is 0 Å².